The Morgan fingerprint density at radius 1 is 0.774 bits per heavy atom. The minimum absolute atomic E-state index is 0.869. The van der Waals surface area contributed by atoms with E-state index in [9.17, 15) is 0 Å². The molecular weight excluding hydrogens is 384 g/mol. The Hall–Kier alpha value is -1.83. The quantitative estimate of drug-likeness (QED) is 0.660. The smallest absolute Gasteiger partial charge is 0.0543 e. The van der Waals surface area contributed by atoms with Crippen LogP contribution in [0.3, 0.4) is 0 Å². The zero-order chi connectivity index (χ0) is 21.6. The lowest BCUT2D eigenvalue weighted by Gasteiger charge is -2.23. The Morgan fingerprint density at radius 3 is 2.23 bits per heavy atom. The molecular formula is C25H40N6. The van der Waals surface area contributed by atoms with Crippen LogP contribution in [0.15, 0.2) is 48.7 Å². The van der Waals surface area contributed by atoms with Gasteiger partial charge in [0.2, 0.25) is 0 Å². The van der Waals surface area contributed by atoms with Gasteiger partial charge in [0, 0.05) is 52.0 Å². The standard InChI is InChI=1S/C25H40N6/c1-30(22-25-6-2-3-14-29-25)20-23-7-9-24(10-8-23)21-31-18-5-13-27-16-15-26-11-4-12-28-17-19-31/h2-3,6-10,14,26-28H,4-5,11-13,15-22H2,1H3. The molecule has 0 saturated carbocycles. The Bertz CT molecular complexity index is 692. The Morgan fingerprint density at radius 2 is 1.48 bits per heavy atom. The number of hydrogen-bond donors (Lipinski definition) is 3. The molecule has 2 heterocycles. The van der Waals surface area contributed by atoms with Crippen LogP contribution in [0, 0.1) is 0 Å². The molecule has 1 aliphatic heterocycles. The third kappa shape index (κ3) is 9.89. The highest BCUT2D eigenvalue weighted by molar-refractivity contribution is 5.22. The van der Waals surface area contributed by atoms with E-state index in [4.69, 9.17) is 0 Å². The minimum Gasteiger partial charge on any atom is -0.315 e. The van der Waals surface area contributed by atoms with Crippen molar-refractivity contribution in [1.29, 1.82) is 0 Å². The second-order valence-electron chi connectivity index (χ2n) is 8.54. The molecule has 0 amide bonds. The topological polar surface area (TPSA) is 55.5 Å². The second kappa shape index (κ2) is 14.3. The summed E-state index contributed by atoms with van der Waals surface area (Å²) in [6.07, 6.45) is 4.24. The average Bonchev–Trinajstić information content (AvgIpc) is 2.78. The van der Waals surface area contributed by atoms with Crippen molar-refractivity contribution in [2.75, 3.05) is 59.4 Å². The summed E-state index contributed by atoms with van der Waals surface area (Å²) < 4.78 is 0. The first kappa shape index (κ1) is 23.8. The molecule has 0 spiro atoms. The van der Waals surface area contributed by atoms with Crippen LogP contribution < -0.4 is 16.0 Å². The number of nitrogens with one attached hydrogen (secondary N) is 3. The van der Waals surface area contributed by atoms with Gasteiger partial charge in [-0.15, -0.1) is 0 Å². The predicted octanol–water partition coefficient (Wildman–Crippen LogP) is 2.08. The first-order valence-corrected chi connectivity index (χ1v) is 11.8. The van der Waals surface area contributed by atoms with Gasteiger partial charge in [0.15, 0.2) is 0 Å². The van der Waals surface area contributed by atoms with E-state index < -0.39 is 0 Å². The number of nitrogens with zero attached hydrogens (tertiary/aromatic N) is 3. The molecule has 6 nitrogen and oxygen atoms in total. The molecule has 0 aliphatic carbocycles. The normalized spacial score (nSPS) is 18.0. The van der Waals surface area contributed by atoms with E-state index in [1.165, 1.54) is 24.0 Å². The minimum atomic E-state index is 0.869. The van der Waals surface area contributed by atoms with Crippen LogP contribution in [0.5, 0.6) is 0 Å². The van der Waals surface area contributed by atoms with Crippen LogP contribution in [0.2, 0.25) is 0 Å². The molecule has 0 atom stereocenters. The second-order valence-corrected chi connectivity index (χ2v) is 8.54. The summed E-state index contributed by atoms with van der Waals surface area (Å²) in [5.41, 5.74) is 3.86. The monoisotopic (exact) mass is 424 g/mol. The number of pyridine rings is 1. The largest absolute Gasteiger partial charge is 0.315 e. The Labute approximate surface area is 188 Å². The molecule has 31 heavy (non-hydrogen) atoms. The van der Waals surface area contributed by atoms with Gasteiger partial charge in [-0.25, -0.2) is 0 Å². The summed E-state index contributed by atoms with van der Waals surface area (Å²) in [5.74, 6) is 0. The van der Waals surface area contributed by atoms with Crippen molar-refractivity contribution in [3.63, 3.8) is 0 Å². The molecule has 1 aromatic heterocycles. The van der Waals surface area contributed by atoms with Crippen molar-refractivity contribution in [3.05, 3.63) is 65.5 Å². The van der Waals surface area contributed by atoms with Gasteiger partial charge in [-0.1, -0.05) is 30.3 Å². The lowest BCUT2D eigenvalue weighted by atomic mass is 10.1. The molecule has 0 unspecified atom stereocenters. The summed E-state index contributed by atoms with van der Waals surface area (Å²) in [4.78, 5) is 9.32. The first-order chi connectivity index (χ1) is 15.3. The maximum Gasteiger partial charge on any atom is 0.0543 e. The Kier molecular flexibility index (Phi) is 11.0. The van der Waals surface area contributed by atoms with Crippen molar-refractivity contribution in [1.82, 2.24) is 30.7 Å². The van der Waals surface area contributed by atoms with E-state index in [2.05, 4.69) is 74.2 Å². The van der Waals surface area contributed by atoms with Gasteiger partial charge < -0.3 is 16.0 Å². The van der Waals surface area contributed by atoms with Crippen LogP contribution in [0.4, 0.5) is 0 Å². The fourth-order valence-electron chi connectivity index (χ4n) is 3.97. The fraction of sp³-hybridized carbons (Fsp3) is 0.560. The van der Waals surface area contributed by atoms with Crippen LogP contribution in [0.1, 0.15) is 29.7 Å². The molecule has 170 valence electrons. The summed E-state index contributed by atoms with van der Waals surface area (Å²) in [6.45, 7) is 11.5. The van der Waals surface area contributed by atoms with E-state index in [-0.39, 0.29) is 0 Å². The van der Waals surface area contributed by atoms with Gasteiger partial charge in [0.05, 0.1) is 5.69 Å². The molecule has 0 bridgehead atoms. The number of rotatable bonds is 6. The fourth-order valence-corrected chi connectivity index (χ4v) is 3.97. The first-order valence-electron chi connectivity index (χ1n) is 11.8. The van der Waals surface area contributed by atoms with Gasteiger partial charge in [0.25, 0.3) is 0 Å². The van der Waals surface area contributed by atoms with Gasteiger partial charge in [-0.3, -0.25) is 14.8 Å². The Balaban J connectivity index is 1.46. The van der Waals surface area contributed by atoms with Crippen LogP contribution in [0.25, 0.3) is 0 Å². The molecule has 2 aromatic rings. The highest BCUT2D eigenvalue weighted by atomic mass is 15.1. The third-order valence-corrected chi connectivity index (χ3v) is 5.66. The van der Waals surface area contributed by atoms with E-state index in [1.54, 1.807) is 0 Å². The third-order valence-electron chi connectivity index (χ3n) is 5.66. The number of hydrogen-bond acceptors (Lipinski definition) is 6. The van der Waals surface area contributed by atoms with Crippen molar-refractivity contribution >= 4 is 0 Å². The van der Waals surface area contributed by atoms with E-state index >= 15 is 0 Å². The van der Waals surface area contributed by atoms with Crippen molar-refractivity contribution < 1.29 is 0 Å². The molecule has 3 N–H and O–H groups in total. The van der Waals surface area contributed by atoms with E-state index in [0.717, 1.165) is 77.7 Å². The summed E-state index contributed by atoms with van der Waals surface area (Å²) in [5, 5.41) is 10.6. The summed E-state index contributed by atoms with van der Waals surface area (Å²) in [7, 11) is 2.15. The molecule has 1 aromatic carbocycles. The van der Waals surface area contributed by atoms with Crippen molar-refractivity contribution in [3.8, 4) is 0 Å². The van der Waals surface area contributed by atoms with Gasteiger partial charge in [0.1, 0.15) is 0 Å². The number of aromatic nitrogens is 1. The van der Waals surface area contributed by atoms with Gasteiger partial charge >= 0.3 is 0 Å². The average molecular weight is 425 g/mol. The molecule has 3 rings (SSSR count). The summed E-state index contributed by atoms with van der Waals surface area (Å²) >= 11 is 0. The molecule has 6 heteroatoms. The molecule has 0 radical (unpaired) electrons. The SMILES string of the molecule is CN(Cc1ccc(CN2CCCNCCNCCCNCC2)cc1)Cc1ccccn1. The van der Waals surface area contributed by atoms with E-state index in [0.29, 0.717) is 0 Å². The van der Waals surface area contributed by atoms with Gasteiger partial charge in [-0.05, 0) is 69.3 Å². The zero-order valence-corrected chi connectivity index (χ0v) is 19.2. The predicted molar refractivity (Wildman–Crippen MR) is 129 cm³/mol. The maximum absolute atomic E-state index is 4.43. The highest BCUT2D eigenvalue weighted by Gasteiger charge is 2.08. The van der Waals surface area contributed by atoms with Crippen LogP contribution in [-0.2, 0) is 19.6 Å². The summed E-state index contributed by atoms with van der Waals surface area (Å²) in [6, 6.07) is 15.3. The zero-order valence-electron chi connectivity index (χ0n) is 19.2. The lowest BCUT2D eigenvalue weighted by Crippen LogP contribution is -2.36. The highest BCUT2D eigenvalue weighted by Crippen LogP contribution is 2.11. The van der Waals surface area contributed by atoms with Gasteiger partial charge in [-0.2, -0.15) is 0 Å². The lowest BCUT2D eigenvalue weighted by molar-refractivity contribution is 0.260. The van der Waals surface area contributed by atoms with E-state index in [1.807, 2.05) is 12.3 Å². The van der Waals surface area contributed by atoms with Crippen LogP contribution in [-0.4, -0.2) is 74.2 Å². The molecule has 1 saturated heterocycles. The number of benzene rings is 1. The van der Waals surface area contributed by atoms with Crippen LogP contribution >= 0.6 is 0 Å². The van der Waals surface area contributed by atoms with Crippen molar-refractivity contribution in [2.24, 2.45) is 0 Å². The van der Waals surface area contributed by atoms with Crippen molar-refractivity contribution in [2.45, 2.75) is 32.5 Å². The maximum atomic E-state index is 4.43. The molecule has 1 aliphatic rings. The molecule has 1 fully saturated rings.